The van der Waals surface area contributed by atoms with Crippen molar-refractivity contribution in [3.05, 3.63) is 88.5 Å². The maximum Gasteiger partial charge on any atom is 0.270 e. The number of aromatic nitrogens is 4. The topological polar surface area (TPSA) is 127 Å². The number of carbonyl (C=O) groups excluding carboxylic acids is 2. The fourth-order valence-corrected chi connectivity index (χ4v) is 6.68. The molecule has 2 aromatic heterocycles. The molecule has 2 atom stereocenters. The Balaban J connectivity index is 0.00000480. The second-order valence-electron chi connectivity index (χ2n) is 12.9. The molecule has 11 heteroatoms. The van der Waals surface area contributed by atoms with E-state index >= 15 is 0 Å². The molecule has 2 aromatic carbocycles. The monoisotopic (exact) mass is 625 g/mol. The Labute approximate surface area is 266 Å². The Morgan fingerprint density at radius 1 is 1.16 bits per heavy atom. The second-order valence-corrected chi connectivity index (χ2v) is 18.5. The number of carbonyl (C=O) groups is 2. The SMILES string of the molecule is Cc1nn(COCC[Si](C)(C)C)c(C)c1-c1ccc(NC(=O)[C@@H](NC(=O)c2ccnn2C)[C@@H]2CCc3ccc(C#N)cc32)cc1.[HH]. The van der Waals surface area contributed by atoms with Gasteiger partial charge in [-0.3, -0.25) is 14.3 Å². The molecule has 1 aliphatic rings. The molecule has 5 rings (SSSR count). The molecule has 0 aliphatic heterocycles. The average molecular weight is 626 g/mol. The van der Waals surface area contributed by atoms with Crippen molar-refractivity contribution < 1.29 is 15.8 Å². The number of nitrogens with one attached hydrogen (secondary N) is 2. The van der Waals surface area contributed by atoms with Gasteiger partial charge in [0.05, 0.1) is 17.3 Å². The number of rotatable bonds is 11. The number of aryl methyl sites for hydroxylation is 3. The van der Waals surface area contributed by atoms with Gasteiger partial charge in [-0.15, -0.1) is 0 Å². The summed E-state index contributed by atoms with van der Waals surface area (Å²) in [6, 6.07) is 17.3. The van der Waals surface area contributed by atoms with Crippen molar-refractivity contribution >= 4 is 25.6 Å². The summed E-state index contributed by atoms with van der Waals surface area (Å²) in [7, 11) is 0.522. The molecule has 236 valence electrons. The number of nitriles is 1. The Bertz CT molecular complexity index is 1750. The number of nitrogens with zero attached hydrogens (tertiary/aromatic N) is 5. The van der Waals surface area contributed by atoms with Crippen molar-refractivity contribution in [3.8, 4) is 17.2 Å². The number of benzene rings is 2. The molecule has 2 amide bonds. The first-order valence-electron chi connectivity index (χ1n) is 15.3. The van der Waals surface area contributed by atoms with E-state index in [9.17, 15) is 14.9 Å². The van der Waals surface area contributed by atoms with Gasteiger partial charge >= 0.3 is 0 Å². The highest BCUT2D eigenvalue weighted by molar-refractivity contribution is 6.76. The van der Waals surface area contributed by atoms with Gasteiger partial charge in [0.15, 0.2) is 0 Å². The molecule has 0 bridgehead atoms. The second kappa shape index (κ2) is 13.2. The minimum Gasteiger partial charge on any atom is -0.360 e. The smallest absolute Gasteiger partial charge is 0.270 e. The predicted molar refractivity (Wildman–Crippen MR) is 179 cm³/mol. The minimum absolute atomic E-state index is 0. The summed E-state index contributed by atoms with van der Waals surface area (Å²) in [5, 5.41) is 24.3. The summed E-state index contributed by atoms with van der Waals surface area (Å²) < 4.78 is 9.32. The lowest BCUT2D eigenvalue weighted by atomic mass is 9.91. The van der Waals surface area contributed by atoms with Crippen molar-refractivity contribution in [1.82, 2.24) is 24.9 Å². The number of hydrogen-bond donors (Lipinski definition) is 2. The summed E-state index contributed by atoms with van der Waals surface area (Å²) in [5.74, 6) is -0.995. The van der Waals surface area contributed by atoms with Gasteiger partial charge in [0, 0.05) is 52.2 Å². The molecule has 10 nitrogen and oxygen atoms in total. The fraction of sp³-hybridized carbons (Fsp3) is 0.382. The molecule has 0 radical (unpaired) electrons. The van der Waals surface area contributed by atoms with Gasteiger partial charge in [0.25, 0.3) is 5.91 Å². The molecule has 0 spiro atoms. The van der Waals surface area contributed by atoms with Crippen molar-refractivity contribution in [2.75, 3.05) is 11.9 Å². The Hall–Kier alpha value is -4.53. The predicted octanol–water partition coefficient (Wildman–Crippen LogP) is 5.80. The van der Waals surface area contributed by atoms with Crippen LogP contribution in [0.5, 0.6) is 0 Å². The molecule has 4 aromatic rings. The van der Waals surface area contributed by atoms with Gasteiger partial charge in [0.1, 0.15) is 18.5 Å². The molecule has 0 unspecified atom stereocenters. The minimum atomic E-state index is -1.16. The van der Waals surface area contributed by atoms with Gasteiger partial charge in [-0.2, -0.15) is 15.5 Å². The van der Waals surface area contributed by atoms with Crippen LogP contribution in [0.25, 0.3) is 11.1 Å². The Morgan fingerprint density at radius 3 is 2.58 bits per heavy atom. The molecule has 45 heavy (non-hydrogen) atoms. The van der Waals surface area contributed by atoms with E-state index < -0.39 is 14.1 Å². The normalized spacial score (nSPS) is 14.9. The lowest BCUT2D eigenvalue weighted by Crippen LogP contribution is -2.47. The van der Waals surface area contributed by atoms with Crippen LogP contribution in [-0.4, -0.2) is 52.1 Å². The average Bonchev–Trinajstić information content (AvgIpc) is 3.70. The van der Waals surface area contributed by atoms with Gasteiger partial charge in [-0.05, 0) is 79.8 Å². The van der Waals surface area contributed by atoms with E-state index in [1.807, 2.05) is 54.9 Å². The first-order chi connectivity index (χ1) is 21.4. The van der Waals surface area contributed by atoms with Crippen LogP contribution in [0.4, 0.5) is 5.69 Å². The molecule has 0 fully saturated rings. The van der Waals surface area contributed by atoms with Crippen LogP contribution in [0.1, 0.15) is 52.3 Å². The third-order valence-corrected chi connectivity index (χ3v) is 10.2. The van der Waals surface area contributed by atoms with E-state index in [1.165, 1.54) is 4.68 Å². The molecule has 1 aliphatic carbocycles. The van der Waals surface area contributed by atoms with Crippen LogP contribution in [-0.2, 0) is 29.7 Å². The fourth-order valence-electron chi connectivity index (χ4n) is 5.92. The summed E-state index contributed by atoms with van der Waals surface area (Å²) in [6.07, 6.45) is 2.99. The van der Waals surface area contributed by atoms with Crippen LogP contribution in [0, 0.1) is 25.2 Å². The number of ether oxygens (including phenoxy) is 1. The third-order valence-electron chi connectivity index (χ3n) is 8.46. The van der Waals surface area contributed by atoms with Crippen LogP contribution < -0.4 is 10.6 Å². The highest BCUT2D eigenvalue weighted by atomic mass is 28.3. The molecular weight excluding hydrogens is 583 g/mol. The van der Waals surface area contributed by atoms with E-state index in [4.69, 9.17) is 9.84 Å². The highest BCUT2D eigenvalue weighted by Crippen LogP contribution is 2.37. The number of anilines is 1. The van der Waals surface area contributed by atoms with E-state index in [1.54, 1.807) is 25.4 Å². The van der Waals surface area contributed by atoms with Gasteiger partial charge in [-0.1, -0.05) is 37.8 Å². The van der Waals surface area contributed by atoms with Crippen molar-refractivity contribution in [3.63, 3.8) is 0 Å². The first kappa shape index (κ1) is 31.9. The molecule has 2 heterocycles. The zero-order valence-corrected chi connectivity index (χ0v) is 27.8. The van der Waals surface area contributed by atoms with E-state index in [0.717, 1.165) is 52.7 Å². The number of fused-ring (bicyclic) bond motifs is 1. The Kier molecular flexibility index (Phi) is 9.36. The van der Waals surface area contributed by atoms with Crippen LogP contribution >= 0.6 is 0 Å². The molecule has 0 saturated heterocycles. The Morgan fingerprint density at radius 2 is 1.91 bits per heavy atom. The first-order valence-corrected chi connectivity index (χ1v) is 19.0. The van der Waals surface area contributed by atoms with Crippen molar-refractivity contribution in [1.29, 1.82) is 5.26 Å². The van der Waals surface area contributed by atoms with Crippen molar-refractivity contribution in [2.24, 2.45) is 7.05 Å². The van der Waals surface area contributed by atoms with Crippen molar-refractivity contribution in [2.45, 2.75) is 71.1 Å². The third kappa shape index (κ3) is 7.24. The van der Waals surface area contributed by atoms with Crippen LogP contribution in [0.3, 0.4) is 0 Å². The largest absolute Gasteiger partial charge is 0.360 e. The lowest BCUT2D eigenvalue weighted by Gasteiger charge is -2.25. The highest BCUT2D eigenvalue weighted by Gasteiger charge is 2.36. The van der Waals surface area contributed by atoms with Crippen LogP contribution in [0.2, 0.25) is 25.7 Å². The molecule has 0 saturated carbocycles. The van der Waals surface area contributed by atoms with E-state index in [2.05, 4.69) is 41.4 Å². The summed E-state index contributed by atoms with van der Waals surface area (Å²) in [5.41, 5.74) is 7.47. The lowest BCUT2D eigenvalue weighted by molar-refractivity contribution is -0.118. The van der Waals surface area contributed by atoms with Gasteiger partial charge < -0.3 is 15.4 Å². The van der Waals surface area contributed by atoms with E-state index in [0.29, 0.717) is 30.1 Å². The van der Waals surface area contributed by atoms with E-state index in [-0.39, 0.29) is 19.2 Å². The molecule has 2 N–H and O–H groups in total. The summed E-state index contributed by atoms with van der Waals surface area (Å²) in [4.78, 5) is 27.1. The standard InChI is InChI=1S/C34H41N7O3Si.H2/c1-22-31(23(2)41(39-22)21-44-17-18-45(4,5)6)26-9-12-27(13-10-26)37-34(43)32(38-33(42)30-15-16-36-40(30)3)28-14-11-25-8-7-24(20-35)19-29(25)28;/h7-10,12-13,15-16,19,28,32H,11,14,17-18,21H2,1-6H3,(H,37,43)(H,38,42);1H/t28-,32+;/m1./s1. The van der Waals surface area contributed by atoms with Crippen LogP contribution in [0.15, 0.2) is 54.7 Å². The summed E-state index contributed by atoms with van der Waals surface area (Å²) >= 11 is 0. The van der Waals surface area contributed by atoms with Gasteiger partial charge in [0.2, 0.25) is 5.91 Å². The maximum atomic E-state index is 13.9. The summed E-state index contributed by atoms with van der Waals surface area (Å²) in [6.45, 7) is 12.2. The zero-order valence-electron chi connectivity index (χ0n) is 26.8. The zero-order chi connectivity index (χ0) is 32.3. The maximum absolute atomic E-state index is 13.9. The number of amides is 2. The quantitative estimate of drug-likeness (QED) is 0.160. The molecular formula is C34H43N7O3Si. The van der Waals surface area contributed by atoms with Gasteiger partial charge in [-0.25, -0.2) is 4.68 Å². The number of hydrogen-bond acceptors (Lipinski definition) is 6.